The highest BCUT2D eigenvalue weighted by Crippen LogP contribution is 2.45. The second-order valence-corrected chi connectivity index (χ2v) is 9.35. The Morgan fingerprint density at radius 3 is 2.64 bits per heavy atom. The van der Waals surface area contributed by atoms with Gasteiger partial charge in [0.25, 0.3) is 0 Å². The third-order valence-electron chi connectivity index (χ3n) is 5.47. The topological polar surface area (TPSA) is 42.0 Å². The van der Waals surface area contributed by atoms with Crippen molar-refractivity contribution in [3.63, 3.8) is 0 Å². The van der Waals surface area contributed by atoms with E-state index in [2.05, 4.69) is 10.7 Å². The van der Waals surface area contributed by atoms with Gasteiger partial charge in [-0.25, -0.2) is 4.98 Å². The van der Waals surface area contributed by atoms with Gasteiger partial charge < -0.3 is 5.32 Å². The number of carbonyl (C=O) groups excluding carboxylic acids is 1. The molecule has 1 fully saturated rings. The van der Waals surface area contributed by atoms with E-state index in [0.717, 1.165) is 41.4 Å². The van der Waals surface area contributed by atoms with Gasteiger partial charge >= 0.3 is 0 Å². The van der Waals surface area contributed by atoms with Crippen molar-refractivity contribution in [1.29, 1.82) is 0 Å². The molecule has 2 aromatic rings. The molecule has 0 spiro atoms. The van der Waals surface area contributed by atoms with Crippen molar-refractivity contribution >= 4 is 33.6 Å². The molecule has 1 amide bonds. The molecule has 2 aromatic heterocycles. The van der Waals surface area contributed by atoms with Gasteiger partial charge in [0.15, 0.2) is 0 Å². The Labute approximate surface area is 157 Å². The third-order valence-corrected chi connectivity index (χ3v) is 7.65. The van der Waals surface area contributed by atoms with Crippen LogP contribution in [0.2, 0.25) is 0 Å². The van der Waals surface area contributed by atoms with E-state index >= 15 is 0 Å². The van der Waals surface area contributed by atoms with E-state index in [1.165, 1.54) is 54.5 Å². The lowest BCUT2D eigenvalue weighted by Gasteiger charge is -2.20. The average molecular weight is 375 g/mol. The number of rotatable bonds is 3. The molecule has 5 heteroatoms. The van der Waals surface area contributed by atoms with Gasteiger partial charge in [0.05, 0.1) is 0 Å². The van der Waals surface area contributed by atoms with E-state index < -0.39 is 0 Å². The predicted molar refractivity (Wildman–Crippen MR) is 107 cm³/mol. The number of anilines is 1. The van der Waals surface area contributed by atoms with Crippen LogP contribution in [0.25, 0.3) is 10.6 Å². The Balaban J connectivity index is 1.67. The van der Waals surface area contributed by atoms with Gasteiger partial charge in [-0.2, -0.15) is 0 Å². The number of amides is 1. The van der Waals surface area contributed by atoms with Crippen LogP contribution in [0.5, 0.6) is 0 Å². The zero-order valence-electron chi connectivity index (χ0n) is 14.9. The van der Waals surface area contributed by atoms with E-state index in [4.69, 9.17) is 4.98 Å². The number of hydrogen-bond donors (Lipinski definition) is 1. The first-order chi connectivity index (χ1) is 12.2. The van der Waals surface area contributed by atoms with Crippen LogP contribution in [0.3, 0.4) is 0 Å². The van der Waals surface area contributed by atoms with Crippen molar-refractivity contribution in [2.45, 2.75) is 71.1 Å². The van der Waals surface area contributed by atoms with Crippen LogP contribution in [0.15, 0.2) is 5.38 Å². The first kappa shape index (κ1) is 17.2. The molecule has 25 heavy (non-hydrogen) atoms. The fraction of sp³-hybridized carbons (Fsp3) is 0.600. The lowest BCUT2D eigenvalue weighted by atomic mass is 9.89. The number of thiophene rings is 1. The van der Waals surface area contributed by atoms with E-state index in [9.17, 15) is 4.79 Å². The number of aryl methyl sites for hydroxylation is 2. The molecule has 4 rings (SSSR count). The number of carbonyl (C=O) groups is 1. The maximum atomic E-state index is 12.8. The van der Waals surface area contributed by atoms with Crippen molar-refractivity contribution in [3.8, 4) is 10.6 Å². The molecule has 1 saturated carbocycles. The summed E-state index contributed by atoms with van der Waals surface area (Å²) in [4.78, 5) is 19.0. The van der Waals surface area contributed by atoms with Gasteiger partial charge in [0, 0.05) is 27.4 Å². The van der Waals surface area contributed by atoms with Crippen LogP contribution in [0.1, 0.15) is 67.5 Å². The minimum atomic E-state index is 0.196. The highest BCUT2D eigenvalue weighted by Gasteiger charge is 2.27. The molecular weight excluding hydrogens is 348 g/mol. The Bertz CT molecular complexity index is 756. The Kier molecular flexibility index (Phi) is 5.23. The van der Waals surface area contributed by atoms with Gasteiger partial charge in [-0.1, -0.05) is 25.7 Å². The first-order valence-electron chi connectivity index (χ1n) is 9.60. The van der Waals surface area contributed by atoms with Crippen LogP contribution in [-0.2, 0) is 17.6 Å². The molecule has 3 nitrogen and oxygen atoms in total. The maximum Gasteiger partial charge on any atom is 0.228 e. The summed E-state index contributed by atoms with van der Waals surface area (Å²) >= 11 is 3.51. The van der Waals surface area contributed by atoms with Gasteiger partial charge in [-0.15, -0.1) is 22.7 Å². The lowest BCUT2D eigenvalue weighted by molar-refractivity contribution is -0.120. The van der Waals surface area contributed by atoms with E-state index in [1.807, 2.05) is 6.92 Å². The first-order valence-corrected chi connectivity index (χ1v) is 11.3. The second-order valence-electron chi connectivity index (χ2n) is 7.39. The molecule has 0 bridgehead atoms. The number of hydrogen-bond acceptors (Lipinski definition) is 4. The van der Waals surface area contributed by atoms with E-state index in [0.29, 0.717) is 0 Å². The quantitative estimate of drug-likeness (QED) is 0.673. The van der Waals surface area contributed by atoms with Crippen LogP contribution in [0.4, 0.5) is 5.00 Å². The van der Waals surface area contributed by atoms with Crippen molar-refractivity contribution in [2.75, 3.05) is 5.32 Å². The van der Waals surface area contributed by atoms with Crippen LogP contribution in [0, 0.1) is 12.8 Å². The largest absolute Gasteiger partial charge is 0.317 e. The molecule has 0 unspecified atom stereocenters. The van der Waals surface area contributed by atoms with Gasteiger partial charge in [0.2, 0.25) is 5.91 Å². The molecular formula is C20H26N2OS2. The van der Waals surface area contributed by atoms with Gasteiger partial charge in [-0.05, 0) is 51.0 Å². The monoisotopic (exact) mass is 374 g/mol. The summed E-state index contributed by atoms with van der Waals surface area (Å²) in [6, 6.07) is 0. The molecule has 0 aliphatic heterocycles. The summed E-state index contributed by atoms with van der Waals surface area (Å²) in [5.74, 6) is 0.423. The molecule has 0 aromatic carbocycles. The summed E-state index contributed by atoms with van der Waals surface area (Å²) in [6.07, 6.45) is 11.8. The molecule has 2 aliphatic carbocycles. The van der Waals surface area contributed by atoms with Gasteiger partial charge in [-0.3, -0.25) is 4.79 Å². The van der Waals surface area contributed by atoms with Crippen LogP contribution < -0.4 is 5.32 Å². The van der Waals surface area contributed by atoms with Crippen molar-refractivity contribution in [3.05, 3.63) is 21.5 Å². The molecule has 0 radical (unpaired) electrons. The van der Waals surface area contributed by atoms with Crippen molar-refractivity contribution < 1.29 is 4.79 Å². The number of nitrogens with one attached hydrogen (secondary N) is 1. The average Bonchev–Trinajstić information content (AvgIpc) is 3.11. The Hall–Kier alpha value is -1.20. The lowest BCUT2D eigenvalue weighted by Crippen LogP contribution is -2.24. The van der Waals surface area contributed by atoms with Crippen LogP contribution in [-0.4, -0.2) is 10.9 Å². The summed E-state index contributed by atoms with van der Waals surface area (Å²) < 4.78 is 0. The number of thiazole rings is 1. The highest BCUT2D eigenvalue weighted by molar-refractivity contribution is 7.18. The van der Waals surface area contributed by atoms with Gasteiger partial charge in [0.1, 0.15) is 10.0 Å². The van der Waals surface area contributed by atoms with Crippen molar-refractivity contribution in [2.24, 2.45) is 5.92 Å². The molecule has 0 saturated heterocycles. The summed E-state index contributed by atoms with van der Waals surface area (Å²) in [7, 11) is 0. The Morgan fingerprint density at radius 1 is 1.12 bits per heavy atom. The molecule has 0 atom stereocenters. The predicted octanol–water partition coefficient (Wildman–Crippen LogP) is 5.97. The fourth-order valence-corrected chi connectivity index (χ4v) is 6.34. The minimum Gasteiger partial charge on any atom is -0.317 e. The maximum absolute atomic E-state index is 12.8. The summed E-state index contributed by atoms with van der Waals surface area (Å²) in [5.41, 5.74) is 3.75. The van der Waals surface area contributed by atoms with E-state index in [1.54, 1.807) is 22.7 Å². The van der Waals surface area contributed by atoms with Crippen LogP contribution >= 0.6 is 22.7 Å². The molecule has 1 N–H and O–H groups in total. The normalized spacial score (nSPS) is 18.6. The SMILES string of the molecule is Cc1csc(-c2c(NC(=O)C3CCCCC3)sc3c2CCCCC3)n1. The standard InChI is InChI=1S/C20H26N2OS2/c1-13-12-24-19(21-13)17-15-10-6-3-7-11-16(15)25-20(17)22-18(23)14-8-4-2-5-9-14/h12,14H,2-11H2,1H3,(H,22,23). The summed E-state index contributed by atoms with van der Waals surface area (Å²) in [6.45, 7) is 2.05. The smallest absolute Gasteiger partial charge is 0.228 e. The fourth-order valence-electron chi connectivity index (χ4n) is 4.10. The minimum absolute atomic E-state index is 0.196. The zero-order valence-corrected chi connectivity index (χ0v) is 16.5. The van der Waals surface area contributed by atoms with E-state index in [-0.39, 0.29) is 11.8 Å². The Morgan fingerprint density at radius 2 is 1.88 bits per heavy atom. The molecule has 134 valence electrons. The number of fused-ring (bicyclic) bond motifs is 1. The summed E-state index contributed by atoms with van der Waals surface area (Å²) in [5, 5.41) is 7.56. The second kappa shape index (κ2) is 7.58. The highest BCUT2D eigenvalue weighted by atomic mass is 32.1. The van der Waals surface area contributed by atoms with Crippen molar-refractivity contribution in [1.82, 2.24) is 4.98 Å². The zero-order chi connectivity index (χ0) is 17.2. The molecule has 2 heterocycles. The molecule has 2 aliphatic rings. The number of nitrogens with zero attached hydrogens (tertiary/aromatic N) is 1. The number of aromatic nitrogens is 1. The third kappa shape index (κ3) is 3.68.